The average Bonchev–Trinajstić information content (AvgIpc) is 2.96. The van der Waals surface area contributed by atoms with Gasteiger partial charge in [0.25, 0.3) is 0 Å². The highest BCUT2D eigenvalue weighted by molar-refractivity contribution is 5.69. The van der Waals surface area contributed by atoms with Crippen LogP contribution in [0.5, 0.6) is 17.2 Å². The van der Waals surface area contributed by atoms with Crippen molar-refractivity contribution in [2.45, 2.75) is 0 Å². The largest absolute Gasteiger partial charge is 0.497 e. The molecule has 0 spiro atoms. The second-order valence-corrected chi connectivity index (χ2v) is 4.39. The van der Waals surface area contributed by atoms with E-state index in [9.17, 15) is 0 Å². The molecule has 0 radical (unpaired) electrons. The number of benzene rings is 1. The van der Waals surface area contributed by atoms with E-state index < -0.39 is 0 Å². The summed E-state index contributed by atoms with van der Waals surface area (Å²) in [4.78, 5) is 8.75. The summed E-state index contributed by atoms with van der Waals surface area (Å²) in [5, 5.41) is 0. The fourth-order valence-electron chi connectivity index (χ4n) is 2.11. The number of imidazole rings is 1. The second-order valence-electron chi connectivity index (χ2n) is 4.39. The first-order valence-electron chi connectivity index (χ1n) is 6.36. The zero-order valence-electron chi connectivity index (χ0n) is 12.0. The third kappa shape index (κ3) is 2.35. The van der Waals surface area contributed by atoms with Crippen LogP contribution in [0.15, 0.2) is 36.8 Å². The van der Waals surface area contributed by atoms with E-state index in [-0.39, 0.29) is 0 Å². The molecule has 0 fully saturated rings. The molecule has 0 atom stereocenters. The summed E-state index contributed by atoms with van der Waals surface area (Å²) in [6, 6.07) is 5.61. The number of ether oxygens (including phenoxy) is 3. The molecule has 3 aromatic rings. The maximum Gasteiger partial charge on any atom is 0.234 e. The SMILES string of the molecule is COc1ccc(-c2cn3cc(OC)cnc3n2)c(OC)c1. The van der Waals surface area contributed by atoms with Crippen LogP contribution < -0.4 is 14.2 Å². The fourth-order valence-corrected chi connectivity index (χ4v) is 2.11. The number of hydrogen-bond acceptors (Lipinski definition) is 5. The Morgan fingerprint density at radius 2 is 1.76 bits per heavy atom. The van der Waals surface area contributed by atoms with Crippen molar-refractivity contribution < 1.29 is 14.2 Å². The molecule has 0 aliphatic heterocycles. The lowest BCUT2D eigenvalue weighted by Crippen LogP contribution is -1.90. The Kier molecular flexibility index (Phi) is 3.35. The Morgan fingerprint density at radius 3 is 2.48 bits per heavy atom. The minimum Gasteiger partial charge on any atom is -0.497 e. The number of methoxy groups -OCH3 is 3. The Hall–Kier alpha value is -2.76. The number of fused-ring (bicyclic) bond motifs is 1. The van der Waals surface area contributed by atoms with Gasteiger partial charge in [0.2, 0.25) is 5.78 Å². The molecule has 0 aliphatic carbocycles. The first kappa shape index (κ1) is 13.2. The lowest BCUT2D eigenvalue weighted by atomic mass is 10.1. The summed E-state index contributed by atoms with van der Waals surface area (Å²) in [5.41, 5.74) is 1.65. The maximum atomic E-state index is 5.41. The van der Waals surface area contributed by atoms with Gasteiger partial charge in [-0.3, -0.25) is 4.40 Å². The zero-order valence-corrected chi connectivity index (χ0v) is 12.0. The van der Waals surface area contributed by atoms with Crippen LogP contribution in [0.3, 0.4) is 0 Å². The van der Waals surface area contributed by atoms with Gasteiger partial charge in [-0.15, -0.1) is 0 Å². The van der Waals surface area contributed by atoms with Crippen LogP contribution >= 0.6 is 0 Å². The maximum absolute atomic E-state index is 5.41. The Labute approximate surface area is 121 Å². The summed E-state index contributed by atoms with van der Waals surface area (Å²) in [7, 11) is 4.85. The van der Waals surface area contributed by atoms with Crippen LogP contribution in [0.2, 0.25) is 0 Å². The molecule has 21 heavy (non-hydrogen) atoms. The van der Waals surface area contributed by atoms with Gasteiger partial charge in [-0.2, -0.15) is 0 Å². The van der Waals surface area contributed by atoms with Crippen LogP contribution in [0.4, 0.5) is 0 Å². The van der Waals surface area contributed by atoms with E-state index in [1.807, 2.05) is 35.0 Å². The first-order chi connectivity index (χ1) is 10.2. The summed E-state index contributed by atoms with van der Waals surface area (Å²) in [6.45, 7) is 0. The van der Waals surface area contributed by atoms with Crippen molar-refractivity contribution in [1.82, 2.24) is 14.4 Å². The van der Waals surface area contributed by atoms with E-state index in [1.54, 1.807) is 27.5 Å². The molecule has 0 bridgehead atoms. The van der Waals surface area contributed by atoms with Crippen molar-refractivity contribution in [3.8, 4) is 28.5 Å². The minimum absolute atomic E-state index is 0.601. The van der Waals surface area contributed by atoms with E-state index in [1.165, 1.54) is 0 Å². The van der Waals surface area contributed by atoms with Crippen LogP contribution in [-0.2, 0) is 0 Å². The third-order valence-electron chi connectivity index (χ3n) is 3.21. The Bertz CT molecular complexity index is 783. The minimum atomic E-state index is 0.601. The average molecular weight is 285 g/mol. The van der Waals surface area contributed by atoms with Gasteiger partial charge >= 0.3 is 0 Å². The van der Waals surface area contributed by atoms with Crippen molar-refractivity contribution >= 4 is 5.78 Å². The van der Waals surface area contributed by atoms with Gasteiger partial charge in [0, 0.05) is 17.8 Å². The normalized spacial score (nSPS) is 10.6. The zero-order chi connectivity index (χ0) is 14.8. The topological polar surface area (TPSA) is 57.9 Å². The molecule has 2 aromatic heterocycles. The molecule has 0 aliphatic rings. The first-order valence-corrected chi connectivity index (χ1v) is 6.36. The molecule has 0 unspecified atom stereocenters. The van der Waals surface area contributed by atoms with E-state index in [0.717, 1.165) is 17.0 Å². The predicted octanol–water partition coefficient (Wildman–Crippen LogP) is 2.42. The summed E-state index contributed by atoms with van der Waals surface area (Å²) in [5.74, 6) is 2.71. The van der Waals surface area contributed by atoms with Gasteiger partial charge < -0.3 is 14.2 Å². The van der Waals surface area contributed by atoms with Crippen LogP contribution in [0.25, 0.3) is 17.0 Å². The van der Waals surface area contributed by atoms with Crippen molar-refractivity contribution in [2.24, 2.45) is 0 Å². The molecule has 0 amide bonds. The van der Waals surface area contributed by atoms with Gasteiger partial charge in [0.15, 0.2) is 5.75 Å². The third-order valence-corrected chi connectivity index (χ3v) is 3.21. The van der Waals surface area contributed by atoms with Gasteiger partial charge in [-0.25, -0.2) is 9.97 Å². The van der Waals surface area contributed by atoms with E-state index in [0.29, 0.717) is 17.3 Å². The monoisotopic (exact) mass is 285 g/mol. The highest BCUT2D eigenvalue weighted by atomic mass is 16.5. The smallest absolute Gasteiger partial charge is 0.234 e. The molecule has 3 rings (SSSR count). The molecule has 6 nitrogen and oxygen atoms in total. The number of nitrogens with zero attached hydrogens (tertiary/aromatic N) is 3. The molecular formula is C15H15N3O3. The van der Waals surface area contributed by atoms with Crippen LogP contribution in [-0.4, -0.2) is 35.7 Å². The standard InChI is InChI=1S/C15H15N3O3/c1-19-10-4-5-12(14(6-10)21-3)13-9-18-8-11(20-2)7-16-15(18)17-13/h4-9H,1-3H3. The molecule has 0 saturated carbocycles. The predicted molar refractivity (Wildman–Crippen MR) is 78.1 cm³/mol. The van der Waals surface area contributed by atoms with Crippen molar-refractivity contribution in [3.63, 3.8) is 0 Å². The van der Waals surface area contributed by atoms with Crippen LogP contribution in [0.1, 0.15) is 0 Å². The van der Waals surface area contributed by atoms with Crippen molar-refractivity contribution in [3.05, 3.63) is 36.8 Å². The Balaban J connectivity index is 2.11. The number of aromatic nitrogens is 3. The highest BCUT2D eigenvalue weighted by Gasteiger charge is 2.12. The van der Waals surface area contributed by atoms with E-state index in [2.05, 4.69) is 9.97 Å². The summed E-state index contributed by atoms with van der Waals surface area (Å²) >= 11 is 0. The van der Waals surface area contributed by atoms with Gasteiger partial charge in [0.05, 0.1) is 39.4 Å². The van der Waals surface area contributed by atoms with Crippen molar-refractivity contribution in [1.29, 1.82) is 0 Å². The number of hydrogen-bond donors (Lipinski definition) is 0. The van der Waals surface area contributed by atoms with Gasteiger partial charge in [-0.05, 0) is 12.1 Å². The quantitative estimate of drug-likeness (QED) is 0.737. The van der Waals surface area contributed by atoms with Crippen molar-refractivity contribution in [2.75, 3.05) is 21.3 Å². The lowest BCUT2D eigenvalue weighted by molar-refractivity contribution is 0.395. The number of rotatable bonds is 4. The van der Waals surface area contributed by atoms with Crippen LogP contribution in [0, 0.1) is 0 Å². The molecule has 1 aromatic carbocycles. The highest BCUT2D eigenvalue weighted by Crippen LogP contribution is 2.32. The summed E-state index contributed by atoms with van der Waals surface area (Å²) in [6.07, 6.45) is 5.35. The molecule has 2 heterocycles. The lowest BCUT2D eigenvalue weighted by Gasteiger charge is -2.08. The van der Waals surface area contributed by atoms with E-state index >= 15 is 0 Å². The second kappa shape index (κ2) is 5.32. The van der Waals surface area contributed by atoms with E-state index in [4.69, 9.17) is 14.2 Å². The molecule has 0 N–H and O–H groups in total. The molecule has 6 heteroatoms. The molecule has 108 valence electrons. The Morgan fingerprint density at radius 1 is 0.952 bits per heavy atom. The molecule has 0 saturated heterocycles. The van der Waals surface area contributed by atoms with Gasteiger partial charge in [0.1, 0.15) is 11.5 Å². The molecular weight excluding hydrogens is 270 g/mol. The van der Waals surface area contributed by atoms with Gasteiger partial charge in [-0.1, -0.05) is 0 Å². The summed E-state index contributed by atoms with van der Waals surface area (Å²) < 4.78 is 17.6. The fraction of sp³-hybridized carbons (Fsp3) is 0.200.